The summed E-state index contributed by atoms with van der Waals surface area (Å²) in [7, 11) is 0. The Morgan fingerprint density at radius 1 is 1.21 bits per heavy atom. The summed E-state index contributed by atoms with van der Waals surface area (Å²) in [6.45, 7) is 1.87. The highest BCUT2D eigenvalue weighted by Gasteiger charge is 2.36. The van der Waals surface area contributed by atoms with Crippen molar-refractivity contribution in [3.05, 3.63) is 30.1 Å². The Balaban J connectivity index is 1.81. The highest BCUT2D eigenvalue weighted by molar-refractivity contribution is 5.11. The number of nitrogens with two attached hydrogens (primary N) is 1. The van der Waals surface area contributed by atoms with E-state index in [4.69, 9.17) is 5.73 Å². The fourth-order valence-corrected chi connectivity index (χ4v) is 4.05. The van der Waals surface area contributed by atoms with Crippen LogP contribution in [0, 0.1) is 5.92 Å². The molecule has 2 heterocycles. The lowest BCUT2D eigenvalue weighted by atomic mass is 9.77. The monoisotopic (exact) mass is 259 g/mol. The van der Waals surface area contributed by atoms with Gasteiger partial charge in [0.05, 0.1) is 11.7 Å². The summed E-state index contributed by atoms with van der Waals surface area (Å²) in [5.74, 6) is 0.903. The minimum Gasteiger partial charge on any atom is -0.329 e. The smallest absolute Gasteiger partial charge is 0.0647 e. The van der Waals surface area contributed by atoms with Crippen LogP contribution in [0.3, 0.4) is 0 Å². The van der Waals surface area contributed by atoms with Crippen LogP contribution in [0.2, 0.25) is 0 Å². The van der Waals surface area contributed by atoms with E-state index in [1.165, 1.54) is 45.1 Å². The normalized spacial score (nSPS) is 29.7. The van der Waals surface area contributed by atoms with Crippen LogP contribution in [0.25, 0.3) is 0 Å². The molecule has 2 aliphatic rings. The Hall–Kier alpha value is -0.930. The molecule has 104 valence electrons. The van der Waals surface area contributed by atoms with Crippen molar-refractivity contribution in [2.45, 2.75) is 50.6 Å². The molecule has 3 heteroatoms. The van der Waals surface area contributed by atoms with E-state index in [0.717, 1.165) is 17.7 Å². The summed E-state index contributed by atoms with van der Waals surface area (Å²) >= 11 is 0. The largest absolute Gasteiger partial charge is 0.329 e. The molecule has 1 saturated carbocycles. The highest BCUT2D eigenvalue weighted by Crippen LogP contribution is 2.38. The number of aromatic nitrogens is 1. The maximum absolute atomic E-state index is 6.08. The molecular formula is C16H25N3. The lowest BCUT2D eigenvalue weighted by Crippen LogP contribution is -2.50. The van der Waals surface area contributed by atoms with E-state index in [1.807, 2.05) is 12.3 Å². The topological polar surface area (TPSA) is 42.1 Å². The number of fused-ring (bicyclic) bond motifs is 1. The summed E-state index contributed by atoms with van der Waals surface area (Å²) in [6, 6.07) is 7.25. The van der Waals surface area contributed by atoms with Gasteiger partial charge < -0.3 is 5.73 Å². The molecule has 2 fully saturated rings. The fraction of sp³-hybridized carbons (Fsp3) is 0.688. The van der Waals surface area contributed by atoms with E-state index in [0.29, 0.717) is 12.6 Å². The van der Waals surface area contributed by atoms with E-state index in [-0.39, 0.29) is 0 Å². The molecule has 1 saturated heterocycles. The summed E-state index contributed by atoms with van der Waals surface area (Å²) in [5.41, 5.74) is 7.23. The summed E-state index contributed by atoms with van der Waals surface area (Å²) in [4.78, 5) is 7.20. The van der Waals surface area contributed by atoms with E-state index >= 15 is 0 Å². The number of pyridine rings is 1. The zero-order valence-corrected chi connectivity index (χ0v) is 11.7. The summed E-state index contributed by atoms with van der Waals surface area (Å²) in [6.07, 6.45) is 10.2. The first kappa shape index (κ1) is 13.1. The molecule has 1 aliphatic heterocycles. The second-order valence-electron chi connectivity index (χ2n) is 6.00. The molecule has 0 radical (unpaired) electrons. The average Bonchev–Trinajstić information content (AvgIpc) is 2.49. The van der Waals surface area contributed by atoms with Gasteiger partial charge in [0, 0.05) is 18.8 Å². The van der Waals surface area contributed by atoms with Gasteiger partial charge in [-0.15, -0.1) is 0 Å². The molecule has 0 bridgehead atoms. The van der Waals surface area contributed by atoms with Crippen LogP contribution in [0.15, 0.2) is 24.4 Å². The number of piperidine rings is 1. The second-order valence-corrected chi connectivity index (χ2v) is 6.00. The predicted molar refractivity (Wildman–Crippen MR) is 77.7 cm³/mol. The maximum atomic E-state index is 6.08. The SMILES string of the molecule is NCC(c1ccccn1)N1CCCC2CCCCC21. The van der Waals surface area contributed by atoms with Gasteiger partial charge in [-0.3, -0.25) is 9.88 Å². The van der Waals surface area contributed by atoms with Crippen LogP contribution in [0.4, 0.5) is 0 Å². The van der Waals surface area contributed by atoms with Crippen molar-refractivity contribution in [2.75, 3.05) is 13.1 Å². The molecule has 0 aromatic carbocycles. The van der Waals surface area contributed by atoms with Crippen molar-refractivity contribution < 1.29 is 0 Å². The van der Waals surface area contributed by atoms with Gasteiger partial charge in [-0.1, -0.05) is 18.9 Å². The molecule has 3 nitrogen and oxygen atoms in total. The fourth-order valence-electron chi connectivity index (χ4n) is 4.05. The molecule has 1 aromatic heterocycles. The van der Waals surface area contributed by atoms with E-state index in [9.17, 15) is 0 Å². The Morgan fingerprint density at radius 2 is 2.05 bits per heavy atom. The van der Waals surface area contributed by atoms with E-state index < -0.39 is 0 Å². The third-order valence-corrected chi connectivity index (χ3v) is 4.94. The first-order valence-electron chi connectivity index (χ1n) is 7.77. The van der Waals surface area contributed by atoms with E-state index in [2.05, 4.69) is 22.0 Å². The quantitative estimate of drug-likeness (QED) is 0.907. The molecule has 1 aromatic rings. The number of likely N-dealkylation sites (tertiary alicyclic amines) is 1. The molecule has 0 spiro atoms. The van der Waals surface area contributed by atoms with Crippen LogP contribution in [0.5, 0.6) is 0 Å². The minimum atomic E-state index is 0.312. The van der Waals surface area contributed by atoms with Gasteiger partial charge >= 0.3 is 0 Å². The van der Waals surface area contributed by atoms with Gasteiger partial charge in [0.25, 0.3) is 0 Å². The van der Waals surface area contributed by atoms with Crippen LogP contribution in [-0.4, -0.2) is 29.0 Å². The van der Waals surface area contributed by atoms with Gasteiger partial charge in [0.15, 0.2) is 0 Å². The van der Waals surface area contributed by atoms with Gasteiger partial charge in [-0.25, -0.2) is 0 Å². The third-order valence-electron chi connectivity index (χ3n) is 4.94. The Kier molecular flexibility index (Phi) is 4.14. The highest BCUT2D eigenvalue weighted by atomic mass is 15.2. The van der Waals surface area contributed by atoms with Crippen molar-refractivity contribution >= 4 is 0 Å². The maximum Gasteiger partial charge on any atom is 0.0647 e. The van der Waals surface area contributed by atoms with Crippen LogP contribution in [-0.2, 0) is 0 Å². The Morgan fingerprint density at radius 3 is 2.84 bits per heavy atom. The molecule has 2 N–H and O–H groups in total. The predicted octanol–water partition coefficient (Wildman–Crippen LogP) is 2.74. The van der Waals surface area contributed by atoms with Gasteiger partial charge in [-0.2, -0.15) is 0 Å². The van der Waals surface area contributed by atoms with Crippen LogP contribution < -0.4 is 5.73 Å². The Labute approximate surface area is 116 Å². The summed E-state index contributed by atoms with van der Waals surface area (Å²) < 4.78 is 0. The Bertz CT molecular complexity index is 390. The molecule has 19 heavy (non-hydrogen) atoms. The van der Waals surface area contributed by atoms with Crippen LogP contribution >= 0.6 is 0 Å². The first-order valence-corrected chi connectivity index (χ1v) is 7.77. The first-order chi connectivity index (χ1) is 9.40. The van der Waals surface area contributed by atoms with Gasteiger partial charge in [0.1, 0.15) is 0 Å². The van der Waals surface area contributed by atoms with Crippen LogP contribution in [0.1, 0.15) is 50.3 Å². The van der Waals surface area contributed by atoms with E-state index in [1.54, 1.807) is 0 Å². The van der Waals surface area contributed by atoms with Gasteiger partial charge in [-0.05, 0) is 50.3 Å². The van der Waals surface area contributed by atoms with Crippen molar-refractivity contribution in [3.63, 3.8) is 0 Å². The molecule has 3 unspecified atom stereocenters. The van der Waals surface area contributed by atoms with Crippen molar-refractivity contribution in [2.24, 2.45) is 11.7 Å². The molecular weight excluding hydrogens is 234 g/mol. The number of hydrogen-bond acceptors (Lipinski definition) is 3. The molecule has 1 aliphatic carbocycles. The van der Waals surface area contributed by atoms with Crippen molar-refractivity contribution in [1.29, 1.82) is 0 Å². The lowest BCUT2D eigenvalue weighted by molar-refractivity contribution is 0.0263. The molecule has 0 amide bonds. The number of hydrogen-bond donors (Lipinski definition) is 1. The third kappa shape index (κ3) is 2.67. The number of rotatable bonds is 3. The zero-order valence-electron chi connectivity index (χ0n) is 11.7. The number of nitrogens with zero attached hydrogens (tertiary/aromatic N) is 2. The minimum absolute atomic E-state index is 0.312. The molecule has 3 rings (SSSR count). The summed E-state index contributed by atoms with van der Waals surface area (Å²) in [5, 5.41) is 0. The molecule has 3 atom stereocenters. The zero-order chi connectivity index (χ0) is 13.1. The van der Waals surface area contributed by atoms with Crippen molar-refractivity contribution in [1.82, 2.24) is 9.88 Å². The second kappa shape index (κ2) is 6.02. The standard InChI is InChI=1S/C16H25N3/c17-12-16(14-8-3-4-10-18-14)19-11-5-7-13-6-1-2-9-15(13)19/h3-4,8,10,13,15-16H,1-2,5-7,9,11-12,17H2. The lowest BCUT2D eigenvalue weighted by Gasteiger charge is -2.47. The van der Waals surface area contributed by atoms with Gasteiger partial charge in [0.2, 0.25) is 0 Å². The average molecular weight is 259 g/mol. The van der Waals surface area contributed by atoms with Crippen molar-refractivity contribution in [3.8, 4) is 0 Å².